The highest BCUT2D eigenvalue weighted by atomic mass is 16.4. The van der Waals surface area contributed by atoms with Crippen molar-refractivity contribution in [1.82, 2.24) is 77.8 Å². The Balaban J connectivity index is 1.11. The molecule has 6 rings (SSSR count). The molecule has 0 unspecified atom stereocenters. The number of aromatic amines is 1. The summed E-state index contributed by atoms with van der Waals surface area (Å²) in [4.78, 5) is 214. The molecule has 2 aromatic rings. The van der Waals surface area contributed by atoms with E-state index in [2.05, 4.69) is 73.1 Å². The molecule has 12 atom stereocenters. The minimum atomic E-state index is -1.77. The van der Waals surface area contributed by atoms with E-state index >= 15 is 0 Å². The molecule has 4 aliphatic heterocycles. The van der Waals surface area contributed by atoms with E-state index < -0.39 is 162 Å². The van der Waals surface area contributed by atoms with Crippen molar-refractivity contribution in [2.24, 2.45) is 44.6 Å². The summed E-state index contributed by atoms with van der Waals surface area (Å²) >= 11 is 0. The average molecular weight is 1530 g/mol. The Morgan fingerprint density at radius 1 is 0.606 bits per heavy atom. The van der Waals surface area contributed by atoms with Crippen molar-refractivity contribution in [1.29, 1.82) is 0 Å². The number of aromatic nitrogens is 2. The van der Waals surface area contributed by atoms with Crippen LogP contribution in [0.4, 0.5) is 0 Å². The number of amides is 13. The van der Waals surface area contributed by atoms with Gasteiger partial charge in [0.05, 0.1) is 19.5 Å². The van der Waals surface area contributed by atoms with Gasteiger partial charge in [0.25, 0.3) is 0 Å². The second kappa shape index (κ2) is 43.5. The Hall–Kier alpha value is -10.5. The number of imidazole rings is 1. The summed E-state index contributed by atoms with van der Waals surface area (Å²) in [6.45, 7) is 5.89. The largest absolute Gasteiger partial charge is 0.480 e. The highest BCUT2D eigenvalue weighted by Crippen LogP contribution is 2.26. The van der Waals surface area contributed by atoms with Crippen molar-refractivity contribution < 1.29 is 77.3 Å². The number of aliphatic imine (C=N–C) groups is 2. The molecule has 0 bridgehead atoms. The number of benzene rings is 1. The van der Waals surface area contributed by atoms with Gasteiger partial charge in [0.2, 0.25) is 76.8 Å². The molecule has 109 heavy (non-hydrogen) atoms. The van der Waals surface area contributed by atoms with Gasteiger partial charge in [0.15, 0.2) is 11.9 Å². The molecule has 23 N–H and O–H groups in total. The Morgan fingerprint density at radius 3 is 1.64 bits per heavy atom. The molecule has 5 heterocycles. The number of unbranched alkanes of at least 4 members (excludes halogenated alkanes) is 2. The monoisotopic (exact) mass is 1530 g/mol. The van der Waals surface area contributed by atoms with Gasteiger partial charge >= 0.3 is 5.97 Å². The minimum Gasteiger partial charge on any atom is -0.480 e. The zero-order valence-electron chi connectivity index (χ0n) is 62.7. The fourth-order valence-electron chi connectivity index (χ4n) is 13.7. The number of nitrogens with one attached hydrogen (secondary N) is 11. The molecule has 13 amide bonds. The highest BCUT2D eigenvalue weighted by Gasteiger charge is 2.45. The van der Waals surface area contributed by atoms with Gasteiger partial charge in [0.1, 0.15) is 72.0 Å². The molecule has 0 radical (unpaired) electrons. The number of aliphatic hydroxyl groups is 1. The number of carbonyl (C=O) groups excluding carboxylic acids is 13. The molecular formula is C71H112N22O16. The second-order valence-corrected chi connectivity index (χ2v) is 28.6. The van der Waals surface area contributed by atoms with Gasteiger partial charge in [0, 0.05) is 63.9 Å². The predicted molar refractivity (Wildman–Crippen MR) is 397 cm³/mol. The van der Waals surface area contributed by atoms with Crippen LogP contribution >= 0.6 is 0 Å². The maximum Gasteiger partial charge on any atom is 0.329 e. The number of H-pyrrole nitrogens is 1. The van der Waals surface area contributed by atoms with Crippen LogP contribution in [0.2, 0.25) is 0 Å². The van der Waals surface area contributed by atoms with E-state index in [-0.39, 0.29) is 153 Å². The van der Waals surface area contributed by atoms with Crippen LogP contribution in [-0.2, 0) is 80.0 Å². The number of likely N-dealkylation sites (tertiary alicyclic amines) is 3. The van der Waals surface area contributed by atoms with Crippen molar-refractivity contribution in [2.75, 3.05) is 52.4 Å². The third-order valence-corrected chi connectivity index (χ3v) is 19.5. The third-order valence-electron chi connectivity index (χ3n) is 19.5. The van der Waals surface area contributed by atoms with Gasteiger partial charge in [-0.1, -0.05) is 63.9 Å². The van der Waals surface area contributed by atoms with Gasteiger partial charge in [-0.25, -0.2) is 9.78 Å². The predicted octanol–water partition coefficient (Wildman–Crippen LogP) is -4.62. The summed E-state index contributed by atoms with van der Waals surface area (Å²) < 4.78 is 0. The number of nitrogens with two attached hydrogens (primary N) is 5. The summed E-state index contributed by atoms with van der Waals surface area (Å²) in [5, 5.41) is 47.5. The SMILES string of the molecule is CCCC[C@H](NC(=O)[C@@H]1CCCN1C(=O)CNC(=O)[C@H](CCCCN)NC(=O)[C@H](Cc1cnc[nH]1)NC(=O)[C@H](CO)NC(=O)[C@H](CC(C)C)NC(=O)[C@H](CCCN=C(N)N)NC(=O)[C@@H]1CCCN1C(=O)[C@H](CCCN=C(N)N)NC(=O)[C@@H]1CCC(=O)N1)C(=O)N1CCC[C@H]1C(=O)N[C@@](C)(Cc1ccccc1)C(=O)O. The summed E-state index contributed by atoms with van der Waals surface area (Å²) in [7, 11) is 0. The van der Waals surface area contributed by atoms with E-state index in [9.17, 15) is 77.3 Å². The second-order valence-electron chi connectivity index (χ2n) is 28.6. The van der Waals surface area contributed by atoms with Gasteiger partial charge in [-0.05, 0) is 128 Å². The Bertz CT molecular complexity index is 3520. The van der Waals surface area contributed by atoms with Crippen LogP contribution in [0.1, 0.15) is 161 Å². The molecule has 0 spiro atoms. The van der Waals surface area contributed by atoms with E-state index in [1.807, 2.05) is 6.92 Å². The summed E-state index contributed by atoms with van der Waals surface area (Å²) in [6, 6.07) is -5.02. The van der Waals surface area contributed by atoms with Gasteiger partial charge in [-0.2, -0.15) is 0 Å². The molecule has 1 aromatic carbocycles. The first kappa shape index (κ1) is 87.4. The normalized spacial score (nSPS) is 19.2. The van der Waals surface area contributed by atoms with Crippen LogP contribution < -0.4 is 81.8 Å². The van der Waals surface area contributed by atoms with E-state index in [1.165, 1.54) is 34.1 Å². The fourth-order valence-corrected chi connectivity index (χ4v) is 13.7. The molecule has 4 aliphatic rings. The van der Waals surface area contributed by atoms with Crippen molar-refractivity contribution in [3.05, 3.63) is 54.1 Å². The highest BCUT2D eigenvalue weighted by molar-refractivity contribution is 6.00. The number of hydrogen-bond donors (Lipinski definition) is 18. The van der Waals surface area contributed by atoms with Crippen LogP contribution in [0, 0.1) is 5.92 Å². The van der Waals surface area contributed by atoms with Crippen LogP contribution in [-0.4, -0.2) is 254 Å². The zero-order valence-corrected chi connectivity index (χ0v) is 62.7. The maximum absolute atomic E-state index is 14.5. The lowest BCUT2D eigenvalue weighted by molar-refractivity contribution is -0.149. The first-order valence-corrected chi connectivity index (χ1v) is 37.6. The van der Waals surface area contributed by atoms with Crippen molar-refractivity contribution in [3.63, 3.8) is 0 Å². The first-order chi connectivity index (χ1) is 52.0. The lowest BCUT2D eigenvalue weighted by Crippen LogP contribution is -2.61. The van der Waals surface area contributed by atoms with E-state index in [0.717, 1.165) is 0 Å². The molecule has 0 aliphatic carbocycles. The minimum absolute atomic E-state index is 0.00541. The van der Waals surface area contributed by atoms with Gasteiger partial charge < -0.3 is 112 Å². The van der Waals surface area contributed by atoms with Crippen molar-refractivity contribution >= 4 is 94.7 Å². The fraction of sp³-hybridized carbons (Fsp3) is 0.648. The quantitative estimate of drug-likeness (QED) is 0.0169. The van der Waals surface area contributed by atoms with Crippen LogP contribution in [0.15, 0.2) is 52.8 Å². The van der Waals surface area contributed by atoms with Crippen LogP contribution in [0.25, 0.3) is 0 Å². The maximum atomic E-state index is 14.5. The molecular weight excluding hydrogens is 1420 g/mol. The molecule has 602 valence electrons. The first-order valence-electron chi connectivity index (χ1n) is 37.6. The summed E-state index contributed by atoms with van der Waals surface area (Å²) in [5.74, 6) is -11.3. The molecule has 1 aromatic heterocycles. The Labute approximate surface area is 633 Å². The van der Waals surface area contributed by atoms with Gasteiger partial charge in [-0.15, -0.1) is 0 Å². The standard InChI is InChI=1S/C71H112N22O16/c1-5-6-19-47(66(106)93-33-16-25-54(93)65(105)90-71(4,68(108)109)36-42-17-8-7-9-18-42)86-63(103)52-23-14-31-91(52)56(96)38-80-57(97)44(20-10-11-28-72)83-61(101)50(35-43-37-77-40-81-43)88-62(102)51(39-94)89-60(100)49(34-41(2)3)87-58(98)45(21-12-29-78-69(73)74)84-64(104)53-24-15-32-92(53)67(107)48(22-13-30-79-70(75)76)85-59(99)46-26-27-55(95)82-46/h7-9,17-18,37,40-41,44-54,94H,5-6,10-16,19-36,38-39,72H2,1-4H3,(H,77,81)(H,80,97)(H,82,95)(H,83,101)(H,84,104)(H,85,99)(H,86,103)(H,87,98)(H,88,102)(H,89,100)(H,90,105)(H,108,109)(H4,73,74,78)(H4,75,76,79)/t44-,45-,46-,47-,48-,49-,50-,51-,52-,53-,54-,71-/m0/s1. The molecule has 4 fully saturated rings. The van der Waals surface area contributed by atoms with E-state index in [4.69, 9.17) is 28.7 Å². The molecule has 0 saturated carbocycles. The van der Waals surface area contributed by atoms with E-state index in [1.54, 1.807) is 44.2 Å². The smallest absolute Gasteiger partial charge is 0.329 e. The van der Waals surface area contributed by atoms with Crippen molar-refractivity contribution in [2.45, 2.75) is 235 Å². The number of aliphatic hydroxyl groups excluding tert-OH is 1. The number of aliphatic carboxylic acids is 1. The summed E-state index contributed by atoms with van der Waals surface area (Å²) in [5.41, 5.74) is 27.3. The topological polar surface area (TPSA) is 593 Å². The number of rotatable bonds is 44. The zero-order chi connectivity index (χ0) is 79.9. The molecule has 4 saturated heterocycles. The number of guanidine groups is 2. The Morgan fingerprint density at radius 2 is 1.10 bits per heavy atom. The third kappa shape index (κ3) is 27.0. The lowest BCUT2D eigenvalue weighted by Gasteiger charge is -2.33. The van der Waals surface area contributed by atoms with Crippen LogP contribution in [0.5, 0.6) is 0 Å². The average Bonchev–Trinajstić information content (AvgIpc) is 1.77. The number of carboxylic acids is 1. The number of carboxylic acid groups (broad SMARTS) is 1. The summed E-state index contributed by atoms with van der Waals surface area (Å²) in [6.07, 6.45) is 6.93. The van der Waals surface area contributed by atoms with E-state index in [0.29, 0.717) is 56.2 Å². The number of nitrogens with zero attached hydrogens (tertiary/aromatic N) is 6. The molecule has 38 nitrogen and oxygen atoms in total. The van der Waals surface area contributed by atoms with Crippen molar-refractivity contribution in [3.8, 4) is 0 Å². The lowest BCUT2D eigenvalue weighted by atomic mass is 9.92. The number of hydrogen-bond acceptors (Lipinski definition) is 19. The number of carbonyl (C=O) groups is 14. The van der Waals surface area contributed by atoms with Gasteiger partial charge in [-0.3, -0.25) is 72.3 Å². The Kier molecular flexibility index (Phi) is 34.8. The molecule has 38 heteroatoms. The van der Waals surface area contributed by atoms with Crippen LogP contribution in [0.3, 0.4) is 0 Å².